The van der Waals surface area contributed by atoms with Crippen LogP contribution in [0.3, 0.4) is 0 Å². The molecule has 0 aliphatic rings. The lowest BCUT2D eigenvalue weighted by molar-refractivity contribution is -0.151. The van der Waals surface area contributed by atoms with Crippen LogP contribution in [0.25, 0.3) is 0 Å². The number of hydrogen-bond donors (Lipinski definition) is 0. The third kappa shape index (κ3) is 11.5. The van der Waals surface area contributed by atoms with Crippen LogP contribution in [0, 0.1) is 5.92 Å². The molecule has 0 heterocycles. The van der Waals surface area contributed by atoms with Crippen molar-refractivity contribution in [1.29, 1.82) is 0 Å². The summed E-state index contributed by atoms with van der Waals surface area (Å²) < 4.78 is 44.0. The van der Waals surface area contributed by atoms with Crippen LogP contribution in [0.15, 0.2) is 0 Å². The Labute approximate surface area is 157 Å². The first-order valence-electron chi connectivity index (χ1n) is 9.53. The predicted molar refractivity (Wildman–Crippen MR) is 97.5 cm³/mol. The van der Waals surface area contributed by atoms with Crippen molar-refractivity contribution in [1.82, 2.24) is 0 Å². The molecule has 0 amide bonds. The molecule has 0 aromatic rings. The number of carbonyl (C=O) groups excluding carboxylic acids is 2. The molecule has 0 saturated carbocycles. The maximum Gasteiger partial charge on any atom is 0.323 e. The third-order valence-corrected chi connectivity index (χ3v) is 5.28. The van der Waals surface area contributed by atoms with E-state index in [-0.39, 0.29) is 19.1 Å². The van der Waals surface area contributed by atoms with E-state index < -0.39 is 33.7 Å². The van der Waals surface area contributed by atoms with Crippen LogP contribution in [0.2, 0.25) is 0 Å². The second-order valence-electron chi connectivity index (χ2n) is 6.51. The first kappa shape index (κ1) is 24.8. The van der Waals surface area contributed by atoms with Gasteiger partial charge in [0.25, 0.3) is 0 Å². The SMILES string of the molecule is CCCCCCOC(=O)CC(C(=O)OCC(CC)CCCC)S(=O)(=O)[O-]. The predicted octanol–water partition coefficient (Wildman–Crippen LogP) is 3.17. The maximum absolute atomic E-state index is 12.0. The molecule has 2 atom stereocenters. The molecule has 7 nitrogen and oxygen atoms in total. The second-order valence-corrected chi connectivity index (χ2v) is 8.07. The van der Waals surface area contributed by atoms with E-state index in [1.54, 1.807) is 0 Å². The lowest BCUT2D eigenvalue weighted by Gasteiger charge is -2.21. The summed E-state index contributed by atoms with van der Waals surface area (Å²) in [5, 5.41) is -2.05. The van der Waals surface area contributed by atoms with Crippen molar-refractivity contribution in [2.24, 2.45) is 5.92 Å². The minimum atomic E-state index is -5.00. The summed E-state index contributed by atoms with van der Waals surface area (Å²) in [5.41, 5.74) is 0. The van der Waals surface area contributed by atoms with Crippen LogP contribution in [0.1, 0.15) is 78.6 Å². The summed E-state index contributed by atoms with van der Waals surface area (Å²) in [5.74, 6) is -1.93. The Hall–Kier alpha value is -1.15. The van der Waals surface area contributed by atoms with E-state index in [4.69, 9.17) is 9.47 Å². The number of unbranched alkanes of at least 4 members (excludes halogenated alkanes) is 4. The molecule has 0 bridgehead atoms. The van der Waals surface area contributed by atoms with Gasteiger partial charge in [-0.2, -0.15) is 0 Å². The fraction of sp³-hybridized carbons (Fsp3) is 0.889. The Morgan fingerprint density at radius 3 is 2.15 bits per heavy atom. The molecule has 0 aliphatic carbocycles. The molecule has 0 rings (SSSR count). The summed E-state index contributed by atoms with van der Waals surface area (Å²) in [6.45, 7) is 6.24. The van der Waals surface area contributed by atoms with Gasteiger partial charge in [0.15, 0.2) is 5.25 Å². The molecule has 2 unspecified atom stereocenters. The van der Waals surface area contributed by atoms with Gasteiger partial charge in [-0.25, -0.2) is 8.42 Å². The molecule has 0 aromatic carbocycles. The quantitative estimate of drug-likeness (QED) is 0.239. The van der Waals surface area contributed by atoms with Crippen molar-refractivity contribution < 1.29 is 32.0 Å². The van der Waals surface area contributed by atoms with E-state index in [1.165, 1.54) is 0 Å². The van der Waals surface area contributed by atoms with Crippen LogP contribution in [-0.4, -0.2) is 43.4 Å². The Bertz CT molecular complexity index is 502. The number of rotatable bonds is 15. The summed E-state index contributed by atoms with van der Waals surface area (Å²) in [4.78, 5) is 23.8. The fourth-order valence-electron chi connectivity index (χ4n) is 2.42. The first-order valence-corrected chi connectivity index (χ1v) is 11.0. The van der Waals surface area contributed by atoms with Crippen molar-refractivity contribution in [2.75, 3.05) is 13.2 Å². The zero-order valence-corrected chi connectivity index (χ0v) is 17.0. The van der Waals surface area contributed by atoms with Crippen molar-refractivity contribution in [2.45, 2.75) is 83.8 Å². The van der Waals surface area contributed by atoms with E-state index in [0.717, 1.165) is 44.9 Å². The van der Waals surface area contributed by atoms with E-state index in [0.29, 0.717) is 6.42 Å². The van der Waals surface area contributed by atoms with E-state index in [9.17, 15) is 22.6 Å². The molecule has 0 N–H and O–H groups in total. The molecule has 154 valence electrons. The molecule has 26 heavy (non-hydrogen) atoms. The average molecular weight is 394 g/mol. The number of esters is 2. The van der Waals surface area contributed by atoms with Gasteiger partial charge in [0.05, 0.1) is 19.6 Å². The second kappa shape index (κ2) is 14.0. The van der Waals surface area contributed by atoms with Crippen LogP contribution in [0.5, 0.6) is 0 Å². The van der Waals surface area contributed by atoms with Gasteiger partial charge in [0, 0.05) is 0 Å². The van der Waals surface area contributed by atoms with Gasteiger partial charge in [-0.1, -0.05) is 59.3 Å². The van der Waals surface area contributed by atoms with Gasteiger partial charge in [0.2, 0.25) is 0 Å². The van der Waals surface area contributed by atoms with Gasteiger partial charge in [-0.15, -0.1) is 0 Å². The Kier molecular flexibility index (Phi) is 13.4. The molecule has 8 heteroatoms. The summed E-state index contributed by atoms with van der Waals surface area (Å²) in [6, 6.07) is 0. The van der Waals surface area contributed by atoms with Crippen LogP contribution >= 0.6 is 0 Å². The maximum atomic E-state index is 12.0. The minimum Gasteiger partial charge on any atom is -0.747 e. The van der Waals surface area contributed by atoms with E-state index in [1.807, 2.05) is 20.8 Å². The highest BCUT2D eigenvalue weighted by Crippen LogP contribution is 2.15. The smallest absolute Gasteiger partial charge is 0.323 e. The van der Waals surface area contributed by atoms with Crippen LogP contribution in [-0.2, 0) is 29.2 Å². The molecule has 0 aromatic heterocycles. The summed E-state index contributed by atoms with van der Waals surface area (Å²) in [7, 11) is -5.00. The summed E-state index contributed by atoms with van der Waals surface area (Å²) >= 11 is 0. The Balaban J connectivity index is 4.55. The third-order valence-electron chi connectivity index (χ3n) is 4.23. The van der Waals surface area contributed by atoms with Crippen molar-refractivity contribution in [3.63, 3.8) is 0 Å². The highest BCUT2D eigenvalue weighted by Gasteiger charge is 2.31. The number of hydrogen-bond acceptors (Lipinski definition) is 7. The van der Waals surface area contributed by atoms with E-state index >= 15 is 0 Å². The molecule has 0 saturated heterocycles. The van der Waals surface area contributed by atoms with E-state index in [2.05, 4.69) is 0 Å². The first-order chi connectivity index (χ1) is 12.3. The van der Waals surface area contributed by atoms with Gasteiger partial charge >= 0.3 is 11.9 Å². The topological polar surface area (TPSA) is 110 Å². The normalized spacial score (nSPS) is 13.8. The zero-order chi connectivity index (χ0) is 20.0. The van der Waals surface area contributed by atoms with Gasteiger partial charge in [0.1, 0.15) is 10.1 Å². The molecule has 0 radical (unpaired) electrons. The average Bonchev–Trinajstić information content (AvgIpc) is 2.58. The number of ether oxygens (including phenoxy) is 2. The molecule has 0 fully saturated rings. The van der Waals surface area contributed by atoms with Gasteiger partial charge in [-0.05, 0) is 18.8 Å². The fourth-order valence-corrected chi connectivity index (χ4v) is 3.06. The molecular weight excluding hydrogens is 360 g/mol. The molecular formula is C18H33O7S-. The Morgan fingerprint density at radius 2 is 1.62 bits per heavy atom. The number of carbonyl (C=O) groups is 2. The monoisotopic (exact) mass is 393 g/mol. The lowest BCUT2D eigenvalue weighted by Crippen LogP contribution is -2.35. The lowest BCUT2D eigenvalue weighted by atomic mass is 10.0. The largest absolute Gasteiger partial charge is 0.747 e. The zero-order valence-electron chi connectivity index (χ0n) is 16.2. The van der Waals surface area contributed by atoms with Gasteiger partial charge < -0.3 is 14.0 Å². The van der Waals surface area contributed by atoms with Crippen molar-refractivity contribution in [3.05, 3.63) is 0 Å². The Morgan fingerprint density at radius 1 is 0.962 bits per heavy atom. The van der Waals surface area contributed by atoms with Crippen LogP contribution in [0.4, 0.5) is 0 Å². The highest BCUT2D eigenvalue weighted by molar-refractivity contribution is 7.87. The van der Waals surface area contributed by atoms with Gasteiger partial charge in [-0.3, -0.25) is 9.59 Å². The van der Waals surface area contributed by atoms with Crippen molar-refractivity contribution in [3.8, 4) is 0 Å². The van der Waals surface area contributed by atoms with Crippen molar-refractivity contribution >= 4 is 22.1 Å². The minimum absolute atomic E-state index is 0.0490. The van der Waals surface area contributed by atoms with Crippen LogP contribution < -0.4 is 0 Å². The molecule has 0 aliphatic heterocycles. The summed E-state index contributed by atoms with van der Waals surface area (Å²) in [6.07, 6.45) is 6.42. The standard InChI is InChI=1S/C18H34O7S/c1-4-7-9-10-12-24-17(19)13-16(26(21,22)23)18(20)25-14-15(6-3)11-8-5-2/h15-16H,4-14H2,1-3H3,(H,21,22,23)/p-1. The molecule has 0 spiro atoms. The highest BCUT2D eigenvalue weighted by atomic mass is 32.2.